The Hall–Kier alpha value is -1.53. The van der Waals surface area contributed by atoms with Crippen LogP contribution in [0.15, 0.2) is 24.3 Å². The quantitative estimate of drug-likeness (QED) is 0.918. The number of carbonyl (C=O) groups excluding carboxylic acids is 1. The number of amides is 1. The predicted molar refractivity (Wildman–Crippen MR) is 82.5 cm³/mol. The van der Waals surface area contributed by atoms with Crippen LogP contribution < -0.4 is 0 Å². The maximum absolute atomic E-state index is 12.5. The molecule has 0 unspecified atom stereocenters. The maximum Gasteiger partial charge on any atom is 0.270 e. The van der Waals surface area contributed by atoms with Crippen molar-refractivity contribution in [1.29, 1.82) is 0 Å². The molecule has 5 nitrogen and oxygen atoms in total. The average molecular weight is 327 g/mol. The molecule has 1 atom stereocenters. The number of halogens is 1. The summed E-state index contributed by atoms with van der Waals surface area (Å²) in [5, 5.41) is 1.49. The average Bonchev–Trinajstić information content (AvgIpc) is 2.99. The second-order valence-electron chi connectivity index (χ2n) is 5.39. The van der Waals surface area contributed by atoms with Crippen molar-refractivity contribution in [3.63, 3.8) is 0 Å². The summed E-state index contributed by atoms with van der Waals surface area (Å²) >= 11 is 5.92. The zero-order valence-corrected chi connectivity index (χ0v) is 13.0. The molecule has 1 fully saturated rings. The van der Waals surface area contributed by atoms with Crippen LogP contribution in [0.25, 0.3) is 10.9 Å². The Bertz CT molecular complexity index is 813. The molecular weight excluding hydrogens is 312 g/mol. The molecule has 0 spiro atoms. The van der Waals surface area contributed by atoms with Gasteiger partial charge >= 0.3 is 0 Å². The molecule has 2 heterocycles. The minimum atomic E-state index is -3.01. The summed E-state index contributed by atoms with van der Waals surface area (Å²) in [6.45, 7) is 0. The van der Waals surface area contributed by atoms with Gasteiger partial charge in [0.1, 0.15) is 5.69 Å². The van der Waals surface area contributed by atoms with Gasteiger partial charge in [-0.05, 0) is 24.6 Å². The predicted octanol–water partition coefficient (Wildman–Crippen LogP) is 2.08. The molecule has 3 rings (SSSR count). The second kappa shape index (κ2) is 5.03. The Morgan fingerprint density at radius 3 is 2.81 bits per heavy atom. The van der Waals surface area contributed by atoms with Gasteiger partial charge in [-0.2, -0.15) is 0 Å². The molecule has 112 valence electrons. The van der Waals surface area contributed by atoms with Crippen LogP contribution in [0.1, 0.15) is 16.9 Å². The molecule has 1 N–H and O–H groups in total. The number of sulfone groups is 1. The van der Waals surface area contributed by atoms with E-state index in [4.69, 9.17) is 11.6 Å². The zero-order chi connectivity index (χ0) is 15.2. The van der Waals surface area contributed by atoms with Gasteiger partial charge in [-0.3, -0.25) is 4.79 Å². The van der Waals surface area contributed by atoms with Crippen LogP contribution in [0, 0.1) is 0 Å². The third-order valence-electron chi connectivity index (χ3n) is 3.89. The highest BCUT2D eigenvalue weighted by molar-refractivity contribution is 7.91. The van der Waals surface area contributed by atoms with Gasteiger partial charge < -0.3 is 9.88 Å². The molecule has 1 aliphatic heterocycles. The van der Waals surface area contributed by atoms with Crippen molar-refractivity contribution in [1.82, 2.24) is 9.88 Å². The number of aromatic nitrogens is 1. The van der Waals surface area contributed by atoms with Crippen molar-refractivity contribution in [2.75, 3.05) is 18.6 Å². The first-order valence-corrected chi connectivity index (χ1v) is 8.81. The first-order valence-electron chi connectivity index (χ1n) is 6.61. The maximum atomic E-state index is 12.5. The highest BCUT2D eigenvalue weighted by Crippen LogP contribution is 2.22. The van der Waals surface area contributed by atoms with Gasteiger partial charge in [0, 0.05) is 29.0 Å². The molecule has 0 bridgehead atoms. The fraction of sp³-hybridized carbons (Fsp3) is 0.357. The van der Waals surface area contributed by atoms with Gasteiger partial charge in [0.2, 0.25) is 0 Å². The Morgan fingerprint density at radius 1 is 1.38 bits per heavy atom. The number of H-pyrrole nitrogens is 1. The van der Waals surface area contributed by atoms with E-state index in [1.807, 2.05) is 6.07 Å². The number of hydrogen-bond acceptors (Lipinski definition) is 3. The van der Waals surface area contributed by atoms with Crippen molar-refractivity contribution in [2.45, 2.75) is 12.5 Å². The molecule has 1 amide bonds. The summed E-state index contributed by atoms with van der Waals surface area (Å²) in [6.07, 6.45) is 0.497. The van der Waals surface area contributed by atoms with Crippen LogP contribution in [0.2, 0.25) is 5.02 Å². The third-order valence-corrected chi connectivity index (χ3v) is 5.88. The normalized spacial score (nSPS) is 20.8. The van der Waals surface area contributed by atoms with Crippen LogP contribution in [-0.4, -0.2) is 48.8 Å². The number of nitrogens with zero attached hydrogens (tertiary/aromatic N) is 1. The zero-order valence-electron chi connectivity index (χ0n) is 11.5. The Kier molecular flexibility index (Phi) is 3.45. The number of aromatic amines is 1. The summed E-state index contributed by atoms with van der Waals surface area (Å²) in [4.78, 5) is 17.0. The van der Waals surface area contributed by atoms with Crippen molar-refractivity contribution >= 4 is 38.2 Å². The number of hydrogen-bond donors (Lipinski definition) is 1. The molecule has 7 heteroatoms. The van der Waals surface area contributed by atoms with E-state index >= 15 is 0 Å². The van der Waals surface area contributed by atoms with Crippen molar-refractivity contribution in [3.8, 4) is 0 Å². The lowest BCUT2D eigenvalue weighted by atomic mass is 10.2. The van der Waals surface area contributed by atoms with E-state index in [2.05, 4.69) is 4.98 Å². The smallest absolute Gasteiger partial charge is 0.270 e. The number of benzene rings is 1. The largest absolute Gasteiger partial charge is 0.350 e. The van der Waals surface area contributed by atoms with Crippen molar-refractivity contribution < 1.29 is 13.2 Å². The molecule has 21 heavy (non-hydrogen) atoms. The lowest BCUT2D eigenvalue weighted by molar-refractivity contribution is 0.0743. The molecule has 1 aromatic carbocycles. The summed E-state index contributed by atoms with van der Waals surface area (Å²) < 4.78 is 23.0. The van der Waals surface area contributed by atoms with Gasteiger partial charge in [0.05, 0.1) is 11.5 Å². The van der Waals surface area contributed by atoms with Crippen molar-refractivity contribution in [3.05, 3.63) is 35.0 Å². The second-order valence-corrected chi connectivity index (χ2v) is 8.05. The van der Waals surface area contributed by atoms with Crippen LogP contribution in [-0.2, 0) is 9.84 Å². The van der Waals surface area contributed by atoms with E-state index in [-0.39, 0.29) is 23.5 Å². The van der Waals surface area contributed by atoms with E-state index in [1.54, 1.807) is 25.2 Å². The van der Waals surface area contributed by atoms with Gasteiger partial charge in [-0.15, -0.1) is 0 Å². The third kappa shape index (κ3) is 2.78. The highest BCUT2D eigenvalue weighted by Gasteiger charge is 2.33. The molecular formula is C14H15ClN2O3S. The number of rotatable bonds is 2. The van der Waals surface area contributed by atoms with Gasteiger partial charge in [0.15, 0.2) is 9.84 Å². The molecule has 2 aromatic rings. The molecule has 1 aliphatic rings. The molecule has 1 aromatic heterocycles. The van der Waals surface area contributed by atoms with Crippen molar-refractivity contribution in [2.24, 2.45) is 0 Å². The lowest BCUT2D eigenvalue weighted by Crippen LogP contribution is -2.37. The standard InChI is InChI=1S/C14H15ClN2O3S/c1-17(11-4-5-21(19,20)8-11)14(18)13-6-9-2-3-10(15)7-12(9)16-13/h2-3,6-7,11,16H,4-5,8H2,1H3/t11-/m1/s1. The van der Waals surface area contributed by atoms with Gasteiger partial charge in [0.25, 0.3) is 5.91 Å². The topological polar surface area (TPSA) is 70.2 Å². The first kappa shape index (κ1) is 14.4. The SMILES string of the molecule is CN(C(=O)c1cc2ccc(Cl)cc2[nH]1)[C@@H]1CCS(=O)(=O)C1. The fourth-order valence-corrected chi connectivity index (χ4v) is 4.60. The Morgan fingerprint density at radius 2 is 2.14 bits per heavy atom. The van der Waals surface area contributed by atoms with E-state index in [0.29, 0.717) is 17.1 Å². The minimum Gasteiger partial charge on any atom is -0.350 e. The lowest BCUT2D eigenvalue weighted by Gasteiger charge is -2.22. The van der Waals surface area contributed by atoms with E-state index < -0.39 is 9.84 Å². The number of fused-ring (bicyclic) bond motifs is 1. The molecule has 0 saturated carbocycles. The fourth-order valence-electron chi connectivity index (χ4n) is 2.65. The van der Waals surface area contributed by atoms with E-state index in [0.717, 1.165) is 10.9 Å². The summed E-state index contributed by atoms with van der Waals surface area (Å²) in [5.74, 6) is -0.0109. The van der Waals surface area contributed by atoms with Gasteiger partial charge in [-0.1, -0.05) is 17.7 Å². The van der Waals surface area contributed by atoms with Crippen LogP contribution in [0.5, 0.6) is 0 Å². The number of nitrogens with one attached hydrogen (secondary N) is 1. The van der Waals surface area contributed by atoms with Crippen LogP contribution >= 0.6 is 11.6 Å². The van der Waals surface area contributed by atoms with E-state index in [9.17, 15) is 13.2 Å². The minimum absolute atomic E-state index is 0.0430. The van der Waals surface area contributed by atoms with Crippen LogP contribution in [0.4, 0.5) is 0 Å². The first-order chi connectivity index (χ1) is 9.85. The molecule has 1 saturated heterocycles. The van der Waals surface area contributed by atoms with Crippen LogP contribution in [0.3, 0.4) is 0 Å². The molecule has 0 aliphatic carbocycles. The summed E-state index contributed by atoms with van der Waals surface area (Å²) in [5.41, 5.74) is 1.23. The molecule has 0 radical (unpaired) electrons. The van der Waals surface area contributed by atoms with E-state index in [1.165, 1.54) is 4.90 Å². The highest BCUT2D eigenvalue weighted by atomic mass is 35.5. The summed E-state index contributed by atoms with van der Waals surface area (Å²) in [7, 11) is -1.36. The Balaban J connectivity index is 1.86. The number of carbonyl (C=O) groups is 1. The Labute approximate surface area is 127 Å². The summed E-state index contributed by atoms with van der Waals surface area (Å²) in [6, 6.07) is 6.86. The monoisotopic (exact) mass is 326 g/mol. The van der Waals surface area contributed by atoms with Gasteiger partial charge in [-0.25, -0.2) is 8.42 Å².